The van der Waals surface area contributed by atoms with Crippen LogP contribution in [0.15, 0.2) is 0 Å². The fourth-order valence-electron chi connectivity index (χ4n) is 11.2. The number of carbonyl (C=O) groups excluding carboxylic acids is 3. The van der Waals surface area contributed by atoms with Gasteiger partial charge in [-0.2, -0.15) is 0 Å². The SMILES string of the molecule is CC(=O)O[C@H]1CC[C@@]2(C)[C@@H](CC[C@@H]3[C@@H]2CC[C@]2(C)[C@@H](OC(=O)CCC(=O)O[C@@H]4[C@H]5OC(C)(C)O[C@H]5O[C@@H]4[C@@H]4OC(C)(C)OC4F)CC[C@@H]32)C1. The monoisotopic (exact) mass is 694 g/mol. The Morgan fingerprint density at radius 1 is 0.694 bits per heavy atom. The predicted octanol–water partition coefficient (Wildman–Crippen LogP) is 5.89. The van der Waals surface area contributed by atoms with E-state index in [0.29, 0.717) is 23.7 Å². The van der Waals surface area contributed by atoms with Gasteiger partial charge in [0.05, 0.1) is 12.8 Å². The number of halogens is 1. The van der Waals surface area contributed by atoms with Gasteiger partial charge in [0.2, 0.25) is 6.36 Å². The Morgan fingerprint density at radius 3 is 2.04 bits per heavy atom. The zero-order chi connectivity index (χ0) is 35.1. The van der Waals surface area contributed by atoms with E-state index in [9.17, 15) is 18.8 Å². The van der Waals surface area contributed by atoms with Gasteiger partial charge in [0.15, 0.2) is 30.1 Å². The van der Waals surface area contributed by atoms with Crippen LogP contribution in [0.5, 0.6) is 0 Å². The molecule has 4 aliphatic carbocycles. The Bertz CT molecular complexity index is 1300. The van der Waals surface area contributed by atoms with Crippen LogP contribution in [0, 0.1) is 34.5 Å². The van der Waals surface area contributed by atoms with Gasteiger partial charge in [-0.15, -0.1) is 0 Å². The fraction of sp³-hybridized carbons (Fsp3) is 0.919. The van der Waals surface area contributed by atoms with E-state index in [4.69, 9.17) is 37.9 Å². The van der Waals surface area contributed by atoms with Gasteiger partial charge in [0, 0.05) is 12.3 Å². The summed E-state index contributed by atoms with van der Waals surface area (Å²) < 4.78 is 61.3. The average Bonchev–Trinajstić information content (AvgIpc) is 3.69. The van der Waals surface area contributed by atoms with E-state index in [1.165, 1.54) is 13.3 Å². The average molecular weight is 695 g/mol. The van der Waals surface area contributed by atoms with Crippen LogP contribution in [0.1, 0.15) is 119 Å². The molecule has 3 heterocycles. The van der Waals surface area contributed by atoms with Gasteiger partial charge in [0.25, 0.3) is 0 Å². The normalized spacial score (nSPS) is 47.8. The van der Waals surface area contributed by atoms with E-state index in [1.807, 2.05) is 0 Å². The molecule has 0 aromatic heterocycles. The summed E-state index contributed by atoms with van der Waals surface area (Å²) in [5, 5.41) is 0. The van der Waals surface area contributed by atoms with Crippen molar-refractivity contribution in [2.45, 2.75) is 180 Å². The van der Waals surface area contributed by atoms with Crippen LogP contribution in [0.2, 0.25) is 0 Å². The highest BCUT2D eigenvalue weighted by atomic mass is 19.1. The molecule has 49 heavy (non-hydrogen) atoms. The Balaban J connectivity index is 0.937. The van der Waals surface area contributed by atoms with Crippen molar-refractivity contribution in [1.29, 1.82) is 0 Å². The van der Waals surface area contributed by atoms with Crippen molar-refractivity contribution in [2.24, 2.45) is 34.5 Å². The summed E-state index contributed by atoms with van der Waals surface area (Å²) in [6.45, 7) is 12.9. The van der Waals surface area contributed by atoms with E-state index < -0.39 is 60.6 Å². The van der Waals surface area contributed by atoms with Crippen LogP contribution in [0.25, 0.3) is 0 Å². The molecule has 0 N–H and O–H groups in total. The van der Waals surface area contributed by atoms with E-state index in [1.54, 1.807) is 27.7 Å². The van der Waals surface area contributed by atoms with Gasteiger partial charge in [-0.05, 0) is 115 Å². The lowest BCUT2D eigenvalue weighted by molar-refractivity contribution is -0.236. The van der Waals surface area contributed by atoms with Gasteiger partial charge in [-0.3, -0.25) is 14.4 Å². The van der Waals surface area contributed by atoms with Crippen LogP contribution in [0.3, 0.4) is 0 Å². The number of hydrogen-bond donors (Lipinski definition) is 0. The summed E-state index contributed by atoms with van der Waals surface area (Å²) in [5.41, 5.74) is 0.161. The molecule has 4 saturated carbocycles. The molecule has 0 bridgehead atoms. The first-order valence-corrected chi connectivity index (χ1v) is 18.5. The molecule has 12 heteroatoms. The zero-order valence-electron chi connectivity index (χ0n) is 30.1. The van der Waals surface area contributed by atoms with Gasteiger partial charge < -0.3 is 37.9 Å². The molecule has 14 atom stereocenters. The van der Waals surface area contributed by atoms with E-state index in [-0.39, 0.29) is 41.8 Å². The molecule has 7 rings (SSSR count). The lowest BCUT2D eigenvalue weighted by atomic mass is 9.45. The predicted molar refractivity (Wildman–Crippen MR) is 170 cm³/mol. The molecule has 11 nitrogen and oxygen atoms in total. The second kappa shape index (κ2) is 12.7. The van der Waals surface area contributed by atoms with Gasteiger partial charge in [0.1, 0.15) is 24.4 Å². The molecule has 7 fully saturated rings. The van der Waals surface area contributed by atoms with Gasteiger partial charge in [-0.1, -0.05) is 13.8 Å². The van der Waals surface area contributed by atoms with E-state index in [2.05, 4.69) is 13.8 Å². The lowest BCUT2D eigenvalue weighted by Gasteiger charge is -2.60. The maximum absolute atomic E-state index is 14.9. The molecule has 1 unspecified atom stereocenters. The summed E-state index contributed by atoms with van der Waals surface area (Å²) in [7, 11) is 0. The third-order valence-electron chi connectivity index (χ3n) is 13.4. The van der Waals surface area contributed by atoms with Crippen molar-refractivity contribution in [3.05, 3.63) is 0 Å². The largest absolute Gasteiger partial charge is 0.463 e. The molecule has 0 amide bonds. The highest BCUT2D eigenvalue weighted by molar-refractivity contribution is 5.78. The first-order chi connectivity index (χ1) is 23.0. The lowest BCUT2D eigenvalue weighted by Crippen LogP contribution is -2.54. The minimum absolute atomic E-state index is 0.0430. The van der Waals surface area contributed by atoms with Crippen molar-refractivity contribution in [2.75, 3.05) is 0 Å². The quantitative estimate of drug-likeness (QED) is 0.234. The highest BCUT2D eigenvalue weighted by Crippen LogP contribution is 2.66. The Morgan fingerprint density at radius 2 is 1.35 bits per heavy atom. The van der Waals surface area contributed by atoms with Crippen molar-refractivity contribution in [1.82, 2.24) is 0 Å². The molecule has 0 aromatic rings. The number of rotatable bonds is 7. The second-order valence-electron chi connectivity index (χ2n) is 17.2. The van der Waals surface area contributed by atoms with Crippen LogP contribution >= 0.6 is 0 Å². The molecular formula is C37H55FO11. The van der Waals surface area contributed by atoms with Crippen molar-refractivity contribution in [3.63, 3.8) is 0 Å². The van der Waals surface area contributed by atoms with Crippen LogP contribution in [-0.4, -0.2) is 78.8 Å². The topological polar surface area (TPSA) is 125 Å². The zero-order valence-corrected chi connectivity index (χ0v) is 30.1. The first-order valence-electron chi connectivity index (χ1n) is 18.5. The fourth-order valence-corrected chi connectivity index (χ4v) is 11.2. The minimum Gasteiger partial charge on any atom is -0.463 e. The maximum atomic E-state index is 14.9. The molecule has 276 valence electrons. The number of carbonyl (C=O) groups is 3. The first kappa shape index (κ1) is 35.5. The van der Waals surface area contributed by atoms with Crippen LogP contribution < -0.4 is 0 Å². The molecular weight excluding hydrogens is 639 g/mol. The third kappa shape index (κ3) is 6.55. The minimum atomic E-state index is -1.80. The molecule has 0 spiro atoms. The Kier molecular flexibility index (Phi) is 9.19. The summed E-state index contributed by atoms with van der Waals surface area (Å²) in [5.74, 6) is -1.09. The molecule has 7 aliphatic rings. The third-order valence-corrected chi connectivity index (χ3v) is 13.4. The smallest absolute Gasteiger partial charge is 0.306 e. The number of esters is 3. The number of fused-ring (bicyclic) bond motifs is 6. The number of hydrogen-bond acceptors (Lipinski definition) is 11. The number of alkyl halides is 1. The maximum Gasteiger partial charge on any atom is 0.306 e. The summed E-state index contributed by atoms with van der Waals surface area (Å²) in [4.78, 5) is 38.0. The van der Waals surface area contributed by atoms with Crippen molar-refractivity contribution in [3.8, 4) is 0 Å². The molecule has 0 radical (unpaired) electrons. The van der Waals surface area contributed by atoms with E-state index in [0.717, 1.165) is 51.4 Å². The summed E-state index contributed by atoms with van der Waals surface area (Å²) in [6, 6.07) is 0. The molecule has 0 aromatic carbocycles. The summed E-state index contributed by atoms with van der Waals surface area (Å²) >= 11 is 0. The number of ether oxygens (including phenoxy) is 8. The van der Waals surface area contributed by atoms with Gasteiger partial charge in [-0.25, -0.2) is 4.39 Å². The molecule has 3 aliphatic heterocycles. The second-order valence-corrected chi connectivity index (χ2v) is 17.2. The van der Waals surface area contributed by atoms with Crippen molar-refractivity contribution >= 4 is 17.9 Å². The van der Waals surface area contributed by atoms with Crippen molar-refractivity contribution < 1.29 is 56.7 Å². The summed E-state index contributed by atoms with van der Waals surface area (Å²) in [6.07, 6.45) is 2.21. The van der Waals surface area contributed by atoms with Crippen LogP contribution in [0.4, 0.5) is 4.39 Å². The van der Waals surface area contributed by atoms with Crippen LogP contribution in [-0.2, 0) is 52.3 Å². The van der Waals surface area contributed by atoms with Gasteiger partial charge >= 0.3 is 17.9 Å². The standard InChI is InChI=1S/C37H55FO11/c1-19(39)42-21-14-16-36(6)20(18-21)8-9-22-23-10-11-25(37(23,7)17-15-24(22)36)43-26(40)12-13-27(41)44-29-28(30-32(38)48-34(2,3)46-30)45-33-31(29)47-35(4,5)49-33/h20-25,28-33H,8-18H2,1-7H3/t20-,21-,22-,23-,24-,25-,28-,29-,30-,31+,32?,33+,36-,37-/m0/s1. The Hall–Kier alpha value is -1.86. The van der Waals surface area contributed by atoms with E-state index >= 15 is 0 Å². The highest BCUT2D eigenvalue weighted by Gasteiger charge is 2.63. The molecule has 3 saturated heterocycles. The Labute approximate surface area is 288 Å².